The van der Waals surface area contributed by atoms with E-state index in [1.165, 1.54) is 0 Å². The molecule has 0 rings (SSSR count). The molecule has 0 aliphatic carbocycles. The predicted octanol–water partition coefficient (Wildman–Crippen LogP) is 2.42. The van der Waals surface area contributed by atoms with Crippen molar-refractivity contribution in [2.45, 2.75) is 39.2 Å². The highest BCUT2D eigenvalue weighted by molar-refractivity contribution is 4.87. The van der Waals surface area contributed by atoms with Crippen molar-refractivity contribution in [2.75, 3.05) is 7.11 Å². The Morgan fingerprint density at radius 1 is 1.44 bits per heavy atom. The van der Waals surface area contributed by atoms with Crippen molar-refractivity contribution in [1.29, 1.82) is 0 Å². The molecule has 0 saturated heterocycles. The molecular formula is C8H17O. The van der Waals surface area contributed by atoms with Gasteiger partial charge in [-0.25, -0.2) is 0 Å². The van der Waals surface area contributed by atoms with Crippen molar-refractivity contribution in [2.24, 2.45) is 0 Å². The summed E-state index contributed by atoms with van der Waals surface area (Å²) in [6, 6.07) is 0. The fourth-order valence-corrected chi connectivity index (χ4v) is 0.804. The molecule has 0 fully saturated rings. The summed E-state index contributed by atoms with van der Waals surface area (Å²) in [5, 5.41) is 0. The lowest BCUT2D eigenvalue weighted by Crippen LogP contribution is -2.26. The third-order valence-corrected chi connectivity index (χ3v) is 1.80. The summed E-state index contributed by atoms with van der Waals surface area (Å²) >= 11 is 0. The van der Waals surface area contributed by atoms with Crippen molar-refractivity contribution in [1.82, 2.24) is 0 Å². The monoisotopic (exact) mass is 129 g/mol. The summed E-state index contributed by atoms with van der Waals surface area (Å²) in [6.07, 6.45) is 4.34. The van der Waals surface area contributed by atoms with E-state index in [4.69, 9.17) is 4.74 Å². The van der Waals surface area contributed by atoms with E-state index in [1.807, 2.05) is 0 Å². The van der Waals surface area contributed by atoms with E-state index in [0.717, 1.165) is 12.8 Å². The molecule has 1 atom stereocenters. The number of hydrogen-bond donors (Lipinski definition) is 0. The lowest BCUT2D eigenvalue weighted by Gasteiger charge is -2.25. The van der Waals surface area contributed by atoms with Crippen LogP contribution >= 0.6 is 0 Å². The van der Waals surface area contributed by atoms with E-state index < -0.39 is 0 Å². The minimum Gasteiger partial charge on any atom is -0.378 e. The van der Waals surface area contributed by atoms with Crippen LogP contribution in [0.1, 0.15) is 33.6 Å². The second-order valence-corrected chi connectivity index (χ2v) is 2.48. The van der Waals surface area contributed by atoms with Crippen LogP contribution in [0.5, 0.6) is 0 Å². The molecule has 0 aliphatic heterocycles. The van der Waals surface area contributed by atoms with Gasteiger partial charge in [-0.2, -0.15) is 0 Å². The molecule has 0 spiro atoms. The SMILES string of the molecule is CC[CH]C(C)(CC)OC. The zero-order valence-corrected chi connectivity index (χ0v) is 6.90. The van der Waals surface area contributed by atoms with Crippen molar-refractivity contribution < 1.29 is 4.74 Å². The van der Waals surface area contributed by atoms with E-state index in [1.54, 1.807) is 7.11 Å². The highest BCUT2D eigenvalue weighted by Crippen LogP contribution is 2.18. The third kappa shape index (κ3) is 2.85. The molecule has 0 saturated carbocycles. The van der Waals surface area contributed by atoms with Crippen LogP contribution in [0.25, 0.3) is 0 Å². The summed E-state index contributed by atoms with van der Waals surface area (Å²) in [6.45, 7) is 6.37. The van der Waals surface area contributed by atoms with E-state index in [9.17, 15) is 0 Å². The largest absolute Gasteiger partial charge is 0.378 e. The Balaban J connectivity index is 3.62. The van der Waals surface area contributed by atoms with Crippen LogP contribution in [0.4, 0.5) is 0 Å². The average molecular weight is 129 g/mol. The van der Waals surface area contributed by atoms with E-state index in [-0.39, 0.29) is 5.60 Å². The van der Waals surface area contributed by atoms with Gasteiger partial charge in [0.2, 0.25) is 0 Å². The molecule has 1 heteroatoms. The Kier molecular flexibility index (Phi) is 3.87. The average Bonchev–Trinajstić information content (AvgIpc) is 1.89. The molecule has 9 heavy (non-hydrogen) atoms. The molecule has 0 aliphatic rings. The summed E-state index contributed by atoms with van der Waals surface area (Å²) in [7, 11) is 1.76. The summed E-state index contributed by atoms with van der Waals surface area (Å²) in [5.74, 6) is 0. The minimum atomic E-state index is 0.00868. The topological polar surface area (TPSA) is 9.23 Å². The second kappa shape index (κ2) is 3.89. The fraction of sp³-hybridized carbons (Fsp3) is 0.875. The van der Waals surface area contributed by atoms with Gasteiger partial charge in [0.1, 0.15) is 0 Å². The van der Waals surface area contributed by atoms with Gasteiger partial charge in [-0.15, -0.1) is 0 Å². The van der Waals surface area contributed by atoms with E-state index in [0.29, 0.717) is 0 Å². The van der Waals surface area contributed by atoms with Crippen LogP contribution in [0, 0.1) is 6.42 Å². The zero-order chi connectivity index (χ0) is 7.33. The van der Waals surface area contributed by atoms with Gasteiger partial charge >= 0.3 is 0 Å². The minimum absolute atomic E-state index is 0.00868. The Morgan fingerprint density at radius 3 is 2.11 bits per heavy atom. The molecule has 55 valence electrons. The maximum atomic E-state index is 5.27. The van der Waals surface area contributed by atoms with Crippen LogP contribution in [-0.2, 0) is 4.74 Å². The van der Waals surface area contributed by atoms with Gasteiger partial charge in [0.15, 0.2) is 0 Å². The Labute approximate surface area is 58.4 Å². The summed E-state index contributed by atoms with van der Waals surface area (Å²) in [4.78, 5) is 0. The van der Waals surface area contributed by atoms with Crippen LogP contribution in [0.15, 0.2) is 0 Å². The quantitative estimate of drug-likeness (QED) is 0.566. The van der Waals surface area contributed by atoms with Crippen molar-refractivity contribution in [3.05, 3.63) is 6.42 Å². The van der Waals surface area contributed by atoms with E-state index in [2.05, 4.69) is 27.2 Å². The van der Waals surface area contributed by atoms with Crippen LogP contribution < -0.4 is 0 Å². The van der Waals surface area contributed by atoms with Gasteiger partial charge in [0.05, 0.1) is 5.60 Å². The van der Waals surface area contributed by atoms with Crippen LogP contribution in [-0.4, -0.2) is 12.7 Å². The molecule has 1 nitrogen and oxygen atoms in total. The van der Waals surface area contributed by atoms with Gasteiger partial charge in [-0.3, -0.25) is 0 Å². The number of ether oxygens (including phenoxy) is 1. The molecule has 0 bridgehead atoms. The molecular weight excluding hydrogens is 112 g/mol. The molecule has 0 heterocycles. The van der Waals surface area contributed by atoms with Crippen molar-refractivity contribution >= 4 is 0 Å². The van der Waals surface area contributed by atoms with Crippen molar-refractivity contribution in [3.63, 3.8) is 0 Å². The predicted molar refractivity (Wildman–Crippen MR) is 40.3 cm³/mol. The fourth-order valence-electron chi connectivity index (χ4n) is 0.804. The Morgan fingerprint density at radius 2 is 2.00 bits per heavy atom. The van der Waals surface area contributed by atoms with Gasteiger partial charge in [-0.05, 0) is 19.8 Å². The Bertz CT molecular complexity index is 65.0. The molecule has 0 aromatic carbocycles. The summed E-state index contributed by atoms with van der Waals surface area (Å²) in [5.41, 5.74) is 0.00868. The zero-order valence-electron chi connectivity index (χ0n) is 6.90. The normalized spacial score (nSPS) is 17.3. The lowest BCUT2D eigenvalue weighted by atomic mass is 9.97. The van der Waals surface area contributed by atoms with Crippen LogP contribution in [0.2, 0.25) is 0 Å². The lowest BCUT2D eigenvalue weighted by molar-refractivity contribution is 0.0292. The van der Waals surface area contributed by atoms with E-state index >= 15 is 0 Å². The molecule has 1 radical (unpaired) electrons. The van der Waals surface area contributed by atoms with Gasteiger partial charge < -0.3 is 4.74 Å². The maximum Gasteiger partial charge on any atom is 0.0679 e. The maximum absolute atomic E-state index is 5.27. The summed E-state index contributed by atoms with van der Waals surface area (Å²) < 4.78 is 5.27. The first kappa shape index (κ1) is 8.96. The first-order chi connectivity index (χ1) is 4.18. The molecule has 0 aromatic heterocycles. The molecule has 0 amide bonds. The third-order valence-electron chi connectivity index (χ3n) is 1.80. The number of methoxy groups -OCH3 is 1. The van der Waals surface area contributed by atoms with Crippen LogP contribution in [0.3, 0.4) is 0 Å². The number of hydrogen-bond acceptors (Lipinski definition) is 1. The highest BCUT2D eigenvalue weighted by Gasteiger charge is 2.18. The number of rotatable bonds is 4. The first-order valence-electron chi connectivity index (χ1n) is 3.58. The standard InChI is InChI=1S/C8H17O/c1-5-7-8(3,6-2)9-4/h7H,5-6H2,1-4H3. The van der Waals surface area contributed by atoms with Gasteiger partial charge in [0.25, 0.3) is 0 Å². The smallest absolute Gasteiger partial charge is 0.0679 e. The highest BCUT2D eigenvalue weighted by atomic mass is 16.5. The van der Waals surface area contributed by atoms with Gasteiger partial charge in [0, 0.05) is 7.11 Å². The Hall–Kier alpha value is -0.0400. The second-order valence-electron chi connectivity index (χ2n) is 2.48. The van der Waals surface area contributed by atoms with Gasteiger partial charge in [-0.1, -0.05) is 20.3 Å². The first-order valence-corrected chi connectivity index (χ1v) is 3.58. The van der Waals surface area contributed by atoms with Crippen molar-refractivity contribution in [3.8, 4) is 0 Å². The molecule has 0 N–H and O–H groups in total. The molecule has 1 unspecified atom stereocenters. The molecule has 0 aromatic rings.